The van der Waals surface area contributed by atoms with Gasteiger partial charge >= 0.3 is 0 Å². The fraction of sp³-hybridized carbons (Fsp3) is 0.0606. The summed E-state index contributed by atoms with van der Waals surface area (Å²) in [5.41, 5.74) is 11.9. The van der Waals surface area contributed by atoms with Gasteiger partial charge in [0.25, 0.3) is 0 Å². The molecule has 6 aromatic rings. The molecular weight excluding hydrogens is 424 g/mol. The fourth-order valence-electron chi connectivity index (χ4n) is 4.91. The van der Waals surface area contributed by atoms with E-state index in [-0.39, 0.29) is 0 Å². The predicted molar refractivity (Wildman–Crippen MR) is 147 cm³/mol. The van der Waals surface area contributed by atoms with Crippen molar-refractivity contribution in [1.82, 2.24) is 9.55 Å². The summed E-state index contributed by atoms with van der Waals surface area (Å²) in [5, 5.41) is 1.24. The second-order valence-corrected chi connectivity index (χ2v) is 9.07. The van der Waals surface area contributed by atoms with Crippen LogP contribution in [0.5, 0.6) is 0 Å². The van der Waals surface area contributed by atoms with Crippen LogP contribution in [0, 0.1) is 6.92 Å². The molecule has 4 aromatic carbocycles. The molecule has 0 bridgehead atoms. The van der Waals surface area contributed by atoms with Crippen molar-refractivity contribution in [1.29, 1.82) is 0 Å². The van der Waals surface area contributed by atoms with E-state index in [1.165, 1.54) is 50.0 Å². The number of fused-ring (bicyclic) bond motifs is 1. The van der Waals surface area contributed by atoms with Crippen molar-refractivity contribution in [2.24, 2.45) is 7.05 Å². The van der Waals surface area contributed by atoms with Gasteiger partial charge in [0.15, 0.2) is 0 Å². The first-order valence-electron chi connectivity index (χ1n) is 12.0. The molecule has 2 aromatic heterocycles. The highest BCUT2D eigenvalue weighted by atomic mass is 14.9. The van der Waals surface area contributed by atoms with Gasteiger partial charge in [-0.15, -0.1) is 0 Å². The topological polar surface area (TPSA) is 17.8 Å². The maximum atomic E-state index is 4.64. The highest BCUT2D eigenvalue weighted by molar-refractivity contribution is 5.94. The average Bonchev–Trinajstić information content (AvgIpc) is 3.25. The standard InChI is InChI=1S/C33H26N2/c1-23-17-18-34-31(19-23)27-13-15-29(24-9-5-3-6-10-24)30(21-27)26-14-16-32-28(20-26)22-33(35(32)2)25-11-7-4-8-12-25/h3-22H,1-2H3. The van der Waals surface area contributed by atoms with Crippen LogP contribution < -0.4 is 0 Å². The van der Waals surface area contributed by atoms with Crippen LogP contribution in [0.25, 0.3) is 55.7 Å². The van der Waals surface area contributed by atoms with Gasteiger partial charge in [-0.3, -0.25) is 4.98 Å². The summed E-state index contributed by atoms with van der Waals surface area (Å²) in [6.45, 7) is 2.11. The first-order valence-corrected chi connectivity index (χ1v) is 12.0. The Morgan fingerprint density at radius 1 is 0.571 bits per heavy atom. The molecule has 168 valence electrons. The zero-order chi connectivity index (χ0) is 23.8. The number of nitrogens with zero attached hydrogens (tertiary/aromatic N) is 2. The Hall–Kier alpha value is -4.43. The SMILES string of the molecule is Cc1ccnc(-c2ccc(-c3ccccc3)c(-c3ccc4c(c3)cc(-c3ccccc3)n4C)c2)c1. The van der Waals surface area contributed by atoms with Crippen LogP contribution in [0.1, 0.15) is 5.56 Å². The molecule has 2 heteroatoms. The van der Waals surface area contributed by atoms with Crippen LogP contribution in [0.2, 0.25) is 0 Å². The normalized spacial score (nSPS) is 11.1. The van der Waals surface area contributed by atoms with Gasteiger partial charge in [0.1, 0.15) is 0 Å². The molecule has 0 aliphatic heterocycles. The van der Waals surface area contributed by atoms with Gasteiger partial charge in [-0.1, -0.05) is 78.9 Å². The Morgan fingerprint density at radius 3 is 2.03 bits per heavy atom. The zero-order valence-corrected chi connectivity index (χ0v) is 19.9. The number of aryl methyl sites for hydroxylation is 2. The number of benzene rings is 4. The van der Waals surface area contributed by atoms with E-state index in [1.54, 1.807) is 0 Å². The molecule has 0 fully saturated rings. The van der Waals surface area contributed by atoms with Crippen LogP contribution >= 0.6 is 0 Å². The third kappa shape index (κ3) is 3.94. The summed E-state index contributed by atoms with van der Waals surface area (Å²) >= 11 is 0. The molecule has 0 aliphatic rings. The molecule has 0 unspecified atom stereocenters. The second kappa shape index (κ2) is 8.73. The molecule has 0 aliphatic carbocycles. The van der Waals surface area contributed by atoms with E-state index in [0.717, 1.165) is 11.3 Å². The molecule has 0 N–H and O–H groups in total. The molecule has 0 spiro atoms. The number of aromatic nitrogens is 2. The highest BCUT2D eigenvalue weighted by Crippen LogP contribution is 2.37. The van der Waals surface area contributed by atoms with Gasteiger partial charge < -0.3 is 4.57 Å². The summed E-state index contributed by atoms with van der Waals surface area (Å²) in [6, 6.07) is 41.2. The monoisotopic (exact) mass is 450 g/mol. The molecule has 0 saturated carbocycles. The molecule has 0 radical (unpaired) electrons. The predicted octanol–water partition coefficient (Wildman–Crippen LogP) is 8.55. The lowest BCUT2D eigenvalue weighted by Crippen LogP contribution is -1.91. The van der Waals surface area contributed by atoms with Crippen LogP contribution in [0.4, 0.5) is 0 Å². The lowest BCUT2D eigenvalue weighted by atomic mass is 9.91. The van der Waals surface area contributed by atoms with Gasteiger partial charge in [-0.05, 0) is 76.7 Å². The molecule has 0 amide bonds. The summed E-state index contributed by atoms with van der Waals surface area (Å²) in [4.78, 5) is 4.64. The van der Waals surface area contributed by atoms with Crippen molar-refractivity contribution in [3.8, 4) is 44.8 Å². The summed E-state index contributed by atoms with van der Waals surface area (Å²) in [6.07, 6.45) is 1.89. The summed E-state index contributed by atoms with van der Waals surface area (Å²) < 4.78 is 2.28. The minimum atomic E-state index is 0.998. The van der Waals surface area contributed by atoms with Crippen LogP contribution in [0.15, 0.2) is 121 Å². The Bertz CT molecular complexity index is 1640. The Labute approximate surface area is 206 Å². The minimum Gasteiger partial charge on any atom is -0.344 e. The lowest BCUT2D eigenvalue weighted by Gasteiger charge is -2.13. The lowest BCUT2D eigenvalue weighted by molar-refractivity contribution is 0.978. The first kappa shape index (κ1) is 21.1. The van der Waals surface area contributed by atoms with Crippen molar-refractivity contribution < 1.29 is 0 Å². The Morgan fingerprint density at radius 2 is 1.29 bits per heavy atom. The maximum Gasteiger partial charge on any atom is 0.0704 e. The third-order valence-electron chi connectivity index (χ3n) is 6.74. The molecule has 0 atom stereocenters. The van der Waals surface area contributed by atoms with E-state index in [0.29, 0.717) is 0 Å². The van der Waals surface area contributed by atoms with Crippen molar-refractivity contribution >= 4 is 10.9 Å². The third-order valence-corrected chi connectivity index (χ3v) is 6.74. The molecule has 2 heterocycles. The zero-order valence-electron chi connectivity index (χ0n) is 19.9. The largest absolute Gasteiger partial charge is 0.344 e. The molecule has 35 heavy (non-hydrogen) atoms. The summed E-state index contributed by atoms with van der Waals surface area (Å²) in [7, 11) is 2.14. The van der Waals surface area contributed by atoms with E-state index < -0.39 is 0 Å². The van der Waals surface area contributed by atoms with E-state index in [4.69, 9.17) is 0 Å². The Kier molecular flexibility index (Phi) is 5.27. The van der Waals surface area contributed by atoms with Gasteiger partial charge in [-0.25, -0.2) is 0 Å². The van der Waals surface area contributed by atoms with Gasteiger partial charge in [0.2, 0.25) is 0 Å². The number of hydrogen-bond acceptors (Lipinski definition) is 1. The smallest absolute Gasteiger partial charge is 0.0704 e. The van der Waals surface area contributed by atoms with E-state index in [1.807, 2.05) is 12.3 Å². The second-order valence-electron chi connectivity index (χ2n) is 9.07. The van der Waals surface area contributed by atoms with Crippen molar-refractivity contribution in [3.63, 3.8) is 0 Å². The molecule has 0 saturated heterocycles. The van der Waals surface area contributed by atoms with E-state index in [9.17, 15) is 0 Å². The number of rotatable bonds is 4. The van der Waals surface area contributed by atoms with Gasteiger partial charge in [0, 0.05) is 35.4 Å². The average molecular weight is 451 g/mol. The van der Waals surface area contributed by atoms with Crippen LogP contribution in [-0.2, 0) is 7.05 Å². The summed E-state index contributed by atoms with van der Waals surface area (Å²) in [5.74, 6) is 0. The molecule has 2 nitrogen and oxygen atoms in total. The fourth-order valence-corrected chi connectivity index (χ4v) is 4.91. The van der Waals surface area contributed by atoms with Crippen LogP contribution in [-0.4, -0.2) is 9.55 Å². The number of hydrogen-bond donors (Lipinski definition) is 0. The van der Waals surface area contributed by atoms with Crippen molar-refractivity contribution in [2.75, 3.05) is 0 Å². The highest BCUT2D eigenvalue weighted by Gasteiger charge is 2.13. The first-order chi connectivity index (χ1) is 17.2. The quantitative estimate of drug-likeness (QED) is 0.263. The number of pyridine rings is 1. The van der Waals surface area contributed by atoms with E-state index in [2.05, 4.69) is 133 Å². The van der Waals surface area contributed by atoms with Gasteiger partial charge in [0.05, 0.1) is 5.69 Å². The molecular formula is C33H26N2. The van der Waals surface area contributed by atoms with Crippen LogP contribution in [0.3, 0.4) is 0 Å². The Balaban J connectivity index is 1.54. The molecule has 6 rings (SSSR count). The maximum absolute atomic E-state index is 4.64. The minimum absolute atomic E-state index is 0.998. The van der Waals surface area contributed by atoms with Crippen molar-refractivity contribution in [3.05, 3.63) is 127 Å². The van der Waals surface area contributed by atoms with E-state index >= 15 is 0 Å². The van der Waals surface area contributed by atoms with Crippen molar-refractivity contribution in [2.45, 2.75) is 6.92 Å². The van der Waals surface area contributed by atoms with Gasteiger partial charge in [-0.2, -0.15) is 0 Å².